The van der Waals surface area contributed by atoms with Gasteiger partial charge in [0.15, 0.2) is 11.6 Å². The number of carbonyl (C=O) groups excluding carboxylic acids is 1. The first kappa shape index (κ1) is 26.5. The molecule has 2 aliphatic rings. The minimum absolute atomic E-state index is 0.0599. The molecule has 2 aromatic carbocycles. The number of aromatic nitrogens is 2. The Morgan fingerprint density at radius 2 is 1.62 bits per heavy atom. The van der Waals surface area contributed by atoms with Gasteiger partial charge in [0.25, 0.3) is 5.91 Å². The van der Waals surface area contributed by atoms with Crippen molar-refractivity contribution in [3.8, 4) is 0 Å². The van der Waals surface area contributed by atoms with Crippen molar-refractivity contribution in [3.63, 3.8) is 0 Å². The van der Waals surface area contributed by atoms with Gasteiger partial charge in [0, 0.05) is 42.8 Å². The molecule has 1 amide bonds. The van der Waals surface area contributed by atoms with Gasteiger partial charge in [-0.1, -0.05) is 23.7 Å². The van der Waals surface area contributed by atoms with E-state index in [-0.39, 0.29) is 5.91 Å². The maximum absolute atomic E-state index is 13.0. The molecule has 0 spiro atoms. The van der Waals surface area contributed by atoms with E-state index in [4.69, 9.17) is 31.5 Å². The lowest BCUT2D eigenvalue weighted by Gasteiger charge is -2.36. The predicted molar refractivity (Wildman–Crippen MR) is 134 cm³/mol. The van der Waals surface area contributed by atoms with E-state index in [1.807, 2.05) is 48.2 Å². The van der Waals surface area contributed by atoms with Crippen molar-refractivity contribution in [3.05, 3.63) is 58.6 Å². The number of fused-ring (bicyclic) bond motifs is 1. The van der Waals surface area contributed by atoms with Gasteiger partial charge in [0.1, 0.15) is 0 Å². The van der Waals surface area contributed by atoms with Crippen LogP contribution in [0.25, 0.3) is 11.0 Å². The van der Waals surface area contributed by atoms with Gasteiger partial charge in [-0.15, -0.1) is 0 Å². The summed E-state index contributed by atoms with van der Waals surface area (Å²) >= 11 is 6.04. The lowest BCUT2D eigenvalue weighted by atomic mass is 10.1. The number of carbonyl (C=O) groups is 2. The first-order chi connectivity index (χ1) is 17.5. The molecule has 3 aromatic rings. The number of piperazine rings is 1. The lowest BCUT2D eigenvalue weighted by molar-refractivity contribution is -0.192. The zero-order valence-electron chi connectivity index (χ0n) is 19.9. The number of amides is 1. The maximum Gasteiger partial charge on any atom is 0.490 e. The van der Waals surface area contributed by atoms with Crippen molar-refractivity contribution in [2.75, 3.05) is 36.4 Å². The minimum Gasteiger partial charge on any atom is -0.475 e. The number of nitrogens with one attached hydrogen (secondary N) is 1. The molecule has 196 valence electrons. The van der Waals surface area contributed by atoms with E-state index in [1.165, 1.54) is 12.8 Å². The Labute approximate surface area is 216 Å². The Balaban J connectivity index is 0.000000405. The number of carboxylic acid groups (broad SMARTS) is 1. The number of hydrogen-bond donors (Lipinski definition) is 2. The zero-order valence-corrected chi connectivity index (χ0v) is 20.7. The van der Waals surface area contributed by atoms with Crippen LogP contribution in [0.1, 0.15) is 28.8 Å². The Morgan fingerprint density at radius 3 is 2.16 bits per heavy atom. The fourth-order valence-corrected chi connectivity index (χ4v) is 4.11. The normalized spacial score (nSPS) is 15.7. The highest BCUT2D eigenvalue weighted by Gasteiger charge is 2.38. The molecule has 1 aliphatic heterocycles. The average Bonchev–Trinajstić information content (AvgIpc) is 3.67. The van der Waals surface area contributed by atoms with Crippen molar-refractivity contribution in [2.45, 2.75) is 32.0 Å². The highest BCUT2D eigenvalue weighted by molar-refractivity contribution is 6.30. The number of para-hydroxylation sites is 2. The number of benzene rings is 2. The standard InChI is InChI=1S/C23H24ClN5O.C2HF3O2/c1-15-14-16(24)6-9-18(15)23(30)29-12-10-28(11-13-29)22-21(25-17-7-8-17)26-19-4-2-3-5-20(19)27-22;3-2(4,5)1(6)7/h2-6,9,14,17H,7-8,10-13H2,1H3,(H,25,26);(H,6,7). The molecule has 2 fully saturated rings. The molecule has 1 aliphatic carbocycles. The number of anilines is 2. The van der Waals surface area contributed by atoms with Crippen LogP contribution in [0, 0.1) is 6.92 Å². The van der Waals surface area contributed by atoms with Crippen molar-refractivity contribution >= 4 is 46.1 Å². The van der Waals surface area contributed by atoms with E-state index in [0.29, 0.717) is 24.2 Å². The summed E-state index contributed by atoms with van der Waals surface area (Å²) in [4.78, 5) is 35.8. The van der Waals surface area contributed by atoms with E-state index < -0.39 is 12.1 Å². The molecule has 1 saturated heterocycles. The van der Waals surface area contributed by atoms with Crippen LogP contribution in [-0.4, -0.2) is 70.2 Å². The Kier molecular flexibility index (Phi) is 7.72. The lowest BCUT2D eigenvalue weighted by Crippen LogP contribution is -2.49. The first-order valence-corrected chi connectivity index (χ1v) is 12.0. The summed E-state index contributed by atoms with van der Waals surface area (Å²) in [6.07, 6.45) is -2.73. The zero-order chi connectivity index (χ0) is 26.7. The number of alkyl halides is 3. The van der Waals surface area contributed by atoms with Crippen LogP contribution in [0.2, 0.25) is 5.02 Å². The van der Waals surface area contributed by atoms with E-state index in [1.54, 1.807) is 6.07 Å². The predicted octanol–water partition coefficient (Wildman–Crippen LogP) is 4.76. The second kappa shape index (κ2) is 10.8. The van der Waals surface area contributed by atoms with Gasteiger partial charge in [-0.3, -0.25) is 4.79 Å². The molecule has 1 aromatic heterocycles. The monoisotopic (exact) mass is 535 g/mol. The van der Waals surface area contributed by atoms with Crippen molar-refractivity contribution in [1.82, 2.24) is 14.9 Å². The number of aliphatic carboxylic acids is 1. The highest BCUT2D eigenvalue weighted by Crippen LogP contribution is 2.31. The third-order valence-electron chi connectivity index (χ3n) is 6.00. The molecule has 37 heavy (non-hydrogen) atoms. The van der Waals surface area contributed by atoms with Gasteiger partial charge in [-0.2, -0.15) is 13.2 Å². The van der Waals surface area contributed by atoms with Crippen molar-refractivity contribution in [2.24, 2.45) is 0 Å². The molecular formula is C25H25ClF3N5O3. The van der Waals surface area contributed by atoms with E-state index >= 15 is 0 Å². The van der Waals surface area contributed by atoms with Crippen LogP contribution < -0.4 is 10.2 Å². The molecule has 0 atom stereocenters. The van der Waals surface area contributed by atoms with E-state index in [2.05, 4.69) is 10.2 Å². The summed E-state index contributed by atoms with van der Waals surface area (Å²) in [5.41, 5.74) is 3.42. The third kappa shape index (κ3) is 6.59. The molecule has 0 unspecified atom stereocenters. The van der Waals surface area contributed by atoms with Crippen LogP contribution in [-0.2, 0) is 4.79 Å². The second-order valence-corrected chi connectivity index (χ2v) is 9.28. The largest absolute Gasteiger partial charge is 0.490 e. The Bertz CT molecular complexity index is 1310. The maximum atomic E-state index is 13.0. The Morgan fingerprint density at radius 1 is 1.03 bits per heavy atom. The number of halogens is 4. The molecule has 0 bridgehead atoms. The second-order valence-electron chi connectivity index (χ2n) is 8.84. The van der Waals surface area contributed by atoms with E-state index in [0.717, 1.165) is 46.9 Å². The molecule has 2 N–H and O–H groups in total. The molecule has 8 nitrogen and oxygen atoms in total. The highest BCUT2D eigenvalue weighted by atomic mass is 35.5. The summed E-state index contributed by atoms with van der Waals surface area (Å²) < 4.78 is 31.7. The van der Waals surface area contributed by atoms with Gasteiger partial charge < -0.3 is 20.2 Å². The quantitative estimate of drug-likeness (QED) is 0.497. The van der Waals surface area contributed by atoms with Crippen molar-refractivity contribution < 1.29 is 27.9 Å². The molecule has 5 rings (SSSR count). The molecular weight excluding hydrogens is 511 g/mol. The number of nitrogens with zero attached hydrogens (tertiary/aromatic N) is 4. The average molecular weight is 536 g/mol. The summed E-state index contributed by atoms with van der Waals surface area (Å²) in [6.45, 7) is 4.68. The van der Waals surface area contributed by atoms with Crippen molar-refractivity contribution in [1.29, 1.82) is 0 Å². The third-order valence-corrected chi connectivity index (χ3v) is 6.23. The van der Waals surface area contributed by atoms with Crippen LogP contribution >= 0.6 is 11.6 Å². The van der Waals surface area contributed by atoms with Crippen LogP contribution in [0.4, 0.5) is 24.8 Å². The number of aryl methyl sites for hydroxylation is 1. The SMILES string of the molecule is Cc1cc(Cl)ccc1C(=O)N1CCN(c2nc3ccccc3nc2NC2CC2)CC1.O=C(O)C(F)(F)F. The van der Waals surface area contributed by atoms with Gasteiger partial charge >= 0.3 is 12.1 Å². The fraction of sp³-hybridized carbons (Fsp3) is 0.360. The van der Waals surface area contributed by atoms with Crippen LogP contribution in [0.15, 0.2) is 42.5 Å². The summed E-state index contributed by atoms with van der Waals surface area (Å²) in [5, 5.41) is 11.3. The number of carboxylic acids is 1. The Hall–Kier alpha value is -3.60. The smallest absolute Gasteiger partial charge is 0.475 e. The fourth-order valence-electron chi connectivity index (χ4n) is 3.89. The van der Waals surface area contributed by atoms with Gasteiger partial charge in [0.2, 0.25) is 0 Å². The molecule has 0 radical (unpaired) electrons. The first-order valence-electron chi connectivity index (χ1n) is 11.7. The topological polar surface area (TPSA) is 98.7 Å². The number of hydrogen-bond acceptors (Lipinski definition) is 6. The minimum atomic E-state index is -5.08. The van der Waals surface area contributed by atoms with Gasteiger partial charge in [-0.05, 0) is 55.7 Å². The van der Waals surface area contributed by atoms with Gasteiger partial charge in [-0.25, -0.2) is 14.8 Å². The summed E-state index contributed by atoms with van der Waals surface area (Å²) in [7, 11) is 0. The van der Waals surface area contributed by atoms with Gasteiger partial charge in [0.05, 0.1) is 11.0 Å². The summed E-state index contributed by atoms with van der Waals surface area (Å²) in [5.74, 6) is -0.961. The molecule has 2 heterocycles. The molecule has 1 saturated carbocycles. The van der Waals surface area contributed by atoms with E-state index in [9.17, 15) is 18.0 Å². The number of rotatable bonds is 4. The van der Waals surface area contributed by atoms with Crippen LogP contribution in [0.5, 0.6) is 0 Å². The summed E-state index contributed by atoms with van der Waals surface area (Å²) in [6, 6.07) is 13.9. The van der Waals surface area contributed by atoms with Crippen LogP contribution in [0.3, 0.4) is 0 Å². The molecule has 12 heteroatoms.